The predicted octanol–water partition coefficient (Wildman–Crippen LogP) is 3.09. The molecule has 0 radical (unpaired) electrons. The summed E-state index contributed by atoms with van der Waals surface area (Å²) in [7, 11) is 0. The van der Waals surface area contributed by atoms with Gasteiger partial charge in [0.1, 0.15) is 18.0 Å². The highest BCUT2D eigenvalue weighted by Crippen LogP contribution is 2.24. The van der Waals surface area contributed by atoms with Crippen molar-refractivity contribution < 1.29 is 0 Å². The molecule has 0 spiro atoms. The molecule has 0 bridgehead atoms. The van der Waals surface area contributed by atoms with Crippen molar-refractivity contribution in [2.45, 2.75) is 45.4 Å². The molecule has 1 unspecified atom stereocenters. The Labute approximate surface area is 122 Å². The molecule has 2 aliphatic rings. The summed E-state index contributed by atoms with van der Waals surface area (Å²) in [5.41, 5.74) is 0. The molecule has 3 heterocycles. The second-order valence-corrected chi connectivity index (χ2v) is 6.31. The Hall–Kier alpha value is -1.32. The van der Waals surface area contributed by atoms with Crippen molar-refractivity contribution >= 4 is 11.6 Å². The van der Waals surface area contributed by atoms with Crippen molar-refractivity contribution in [3.05, 3.63) is 12.4 Å². The Balaban J connectivity index is 1.72. The summed E-state index contributed by atoms with van der Waals surface area (Å²) in [6.45, 7) is 6.93. The van der Waals surface area contributed by atoms with Crippen LogP contribution in [0.15, 0.2) is 12.4 Å². The van der Waals surface area contributed by atoms with Crippen molar-refractivity contribution in [2.24, 2.45) is 5.92 Å². The number of piperidine rings is 1. The van der Waals surface area contributed by atoms with E-state index in [1.807, 2.05) is 0 Å². The van der Waals surface area contributed by atoms with Gasteiger partial charge >= 0.3 is 0 Å². The summed E-state index contributed by atoms with van der Waals surface area (Å²) in [4.78, 5) is 13.9. The molecule has 0 aromatic carbocycles. The Bertz CT molecular complexity index is 428. The second kappa shape index (κ2) is 6.42. The van der Waals surface area contributed by atoms with Crippen molar-refractivity contribution in [1.82, 2.24) is 9.97 Å². The van der Waals surface area contributed by atoms with Crippen molar-refractivity contribution in [2.75, 3.05) is 36.0 Å². The first-order valence-electron chi connectivity index (χ1n) is 8.15. The van der Waals surface area contributed by atoms with Crippen LogP contribution in [0, 0.1) is 5.92 Å². The molecule has 4 nitrogen and oxygen atoms in total. The molecule has 1 aromatic heterocycles. The normalized spacial score (nSPS) is 24.6. The summed E-state index contributed by atoms with van der Waals surface area (Å²) < 4.78 is 0. The highest BCUT2D eigenvalue weighted by Gasteiger charge is 2.17. The molecular formula is C16H26N4. The highest BCUT2D eigenvalue weighted by atomic mass is 15.2. The number of hydrogen-bond acceptors (Lipinski definition) is 4. The van der Waals surface area contributed by atoms with Crippen LogP contribution in [0.2, 0.25) is 0 Å². The summed E-state index contributed by atoms with van der Waals surface area (Å²) in [5, 5.41) is 0. The second-order valence-electron chi connectivity index (χ2n) is 6.31. The van der Waals surface area contributed by atoms with Gasteiger partial charge in [0.15, 0.2) is 0 Å². The maximum absolute atomic E-state index is 4.51. The van der Waals surface area contributed by atoms with E-state index in [4.69, 9.17) is 0 Å². The SMILES string of the molecule is CC1CCCN(c2cc(N3CCCCC3)ncn2)CC1. The zero-order valence-corrected chi connectivity index (χ0v) is 12.6. The van der Waals surface area contributed by atoms with Crippen LogP contribution in [0.3, 0.4) is 0 Å². The molecule has 0 aliphatic carbocycles. The standard InChI is InChI=1S/C16H26N4/c1-14-6-5-10-20(11-7-14)16-12-15(17-13-18-16)19-8-3-2-4-9-19/h12-14H,2-11H2,1H3. The molecule has 2 fully saturated rings. The first-order valence-corrected chi connectivity index (χ1v) is 8.15. The fraction of sp³-hybridized carbons (Fsp3) is 0.750. The fourth-order valence-electron chi connectivity index (χ4n) is 3.30. The van der Waals surface area contributed by atoms with Gasteiger partial charge in [-0.25, -0.2) is 9.97 Å². The van der Waals surface area contributed by atoms with E-state index in [1.165, 1.54) is 38.5 Å². The maximum atomic E-state index is 4.51. The van der Waals surface area contributed by atoms with Gasteiger partial charge in [0.25, 0.3) is 0 Å². The van der Waals surface area contributed by atoms with Gasteiger partial charge in [-0.3, -0.25) is 0 Å². The van der Waals surface area contributed by atoms with Gasteiger partial charge < -0.3 is 9.80 Å². The van der Waals surface area contributed by atoms with E-state index < -0.39 is 0 Å². The lowest BCUT2D eigenvalue weighted by Gasteiger charge is -2.29. The van der Waals surface area contributed by atoms with Gasteiger partial charge in [-0.2, -0.15) is 0 Å². The molecule has 2 saturated heterocycles. The van der Waals surface area contributed by atoms with Crippen LogP contribution in [0.1, 0.15) is 45.4 Å². The smallest absolute Gasteiger partial charge is 0.134 e. The quantitative estimate of drug-likeness (QED) is 0.829. The minimum Gasteiger partial charge on any atom is -0.356 e. The number of aromatic nitrogens is 2. The van der Waals surface area contributed by atoms with E-state index in [9.17, 15) is 0 Å². The first kappa shape index (κ1) is 13.7. The topological polar surface area (TPSA) is 32.3 Å². The van der Waals surface area contributed by atoms with Gasteiger partial charge in [-0.15, -0.1) is 0 Å². The molecule has 2 aliphatic heterocycles. The minimum atomic E-state index is 0.850. The molecule has 1 atom stereocenters. The molecule has 3 rings (SSSR count). The summed E-state index contributed by atoms with van der Waals surface area (Å²) in [5.74, 6) is 3.09. The Morgan fingerprint density at radius 3 is 2.25 bits per heavy atom. The van der Waals surface area contributed by atoms with E-state index >= 15 is 0 Å². The first-order chi connectivity index (χ1) is 9.83. The van der Waals surface area contributed by atoms with Gasteiger partial charge in [0, 0.05) is 32.2 Å². The summed E-state index contributed by atoms with van der Waals surface area (Å²) >= 11 is 0. The van der Waals surface area contributed by atoms with E-state index in [2.05, 4.69) is 32.8 Å². The lowest BCUT2D eigenvalue weighted by molar-refractivity contribution is 0.521. The molecule has 4 heteroatoms. The molecule has 110 valence electrons. The van der Waals surface area contributed by atoms with Crippen LogP contribution in [-0.2, 0) is 0 Å². The van der Waals surface area contributed by atoms with Crippen LogP contribution in [-0.4, -0.2) is 36.1 Å². The van der Waals surface area contributed by atoms with E-state index in [-0.39, 0.29) is 0 Å². The zero-order chi connectivity index (χ0) is 13.8. The Morgan fingerprint density at radius 1 is 0.850 bits per heavy atom. The van der Waals surface area contributed by atoms with E-state index in [1.54, 1.807) is 6.33 Å². The van der Waals surface area contributed by atoms with Crippen molar-refractivity contribution in [3.63, 3.8) is 0 Å². The summed E-state index contributed by atoms with van der Waals surface area (Å²) in [6.07, 6.45) is 9.60. The molecular weight excluding hydrogens is 248 g/mol. The fourth-order valence-corrected chi connectivity index (χ4v) is 3.30. The molecule has 1 aromatic rings. The lowest BCUT2D eigenvalue weighted by Crippen LogP contribution is -2.31. The van der Waals surface area contributed by atoms with Crippen LogP contribution >= 0.6 is 0 Å². The Kier molecular flexibility index (Phi) is 4.38. The van der Waals surface area contributed by atoms with E-state index in [0.29, 0.717) is 0 Å². The van der Waals surface area contributed by atoms with Gasteiger partial charge in [0.2, 0.25) is 0 Å². The monoisotopic (exact) mass is 274 g/mol. The zero-order valence-electron chi connectivity index (χ0n) is 12.6. The van der Waals surface area contributed by atoms with E-state index in [0.717, 1.165) is 43.7 Å². The third kappa shape index (κ3) is 3.22. The average molecular weight is 274 g/mol. The maximum Gasteiger partial charge on any atom is 0.134 e. The number of rotatable bonds is 2. The van der Waals surface area contributed by atoms with Crippen LogP contribution in [0.5, 0.6) is 0 Å². The van der Waals surface area contributed by atoms with Gasteiger partial charge in [-0.1, -0.05) is 6.92 Å². The number of nitrogens with zero attached hydrogens (tertiary/aromatic N) is 4. The molecule has 0 saturated carbocycles. The third-order valence-corrected chi connectivity index (χ3v) is 4.66. The van der Waals surface area contributed by atoms with Crippen molar-refractivity contribution in [1.29, 1.82) is 0 Å². The lowest BCUT2D eigenvalue weighted by atomic mass is 10.0. The molecule has 0 N–H and O–H groups in total. The van der Waals surface area contributed by atoms with Crippen molar-refractivity contribution in [3.8, 4) is 0 Å². The largest absolute Gasteiger partial charge is 0.356 e. The molecule has 0 amide bonds. The Morgan fingerprint density at radius 2 is 1.50 bits per heavy atom. The molecule has 20 heavy (non-hydrogen) atoms. The minimum absolute atomic E-state index is 0.850. The van der Waals surface area contributed by atoms with Crippen LogP contribution in [0.25, 0.3) is 0 Å². The third-order valence-electron chi connectivity index (χ3n) is 4.66. The average Bonchev–Trinajstić information content (AvgIpc) is 2.73. The highest BCUT2D eigenvalue weighted by molar-refractivity contribution is 5.50. The number of hydrogen-bond donors (Lipinski definition) is 0. The predicted molar refractivity (Wildman–Crippen MR) is 83.3 cm³/mol. The van der Waals surface area contributed by atoms with Crippen LogP contribution < -0.4 is 9.80 Å². The number of anilines is 2. The van der Waals surface area contributed by atoms with Gasteiger partial charge in [0.05, 0.1) is 0 Å². The summed E-state index contributed by atoms with van der Waals surface area (Å²) in [6, 6.07) is 2.20. The van der Waals surface area contributed by atoms with Gasteiger partial charge in [-0.05, 0) is 44.4 Å². The van der Waals surface area contributed by atoms with Crippen LogP contribution in [0.4, 0.5) is 11.6 Å².